The van der Waals surface area contributed by atoms with Crippen LogP contribution in [0.15, 0.2) is 224 Å². The van der Waals surface area contributed by atoms with Crippen molar-refractivity contribution in [2.24, 2.45) is 16.6 Å². The summed E-state index contributed by atoms with van der Waals surface area (Å²) >= 11 is 24.5. The summed E-state index contributed by atoms with van der Waals surface area (Å²) in [5.74, 6) is 24.8. The molecule has 5 atom stereocenters. The molecule has 0 bridgehead atoms. The van der Waals surface area contributed by atoms with Gasteiger partial charge in [0.25, 0.3) is 0 Å². The van der Waals surface area contributed by atoms with Crippen LogP contribution in [0.5, 0.6) is 0 Å². The van der Waals surface area contributed by atoms with E-state index in [-0.39, 0.29) is 79.2 Å². The third-order valence-electron chi connectivity index (χ3n) is 22.2. The molecule has 0 saturated carbocycles. The van der Waals surface area contributed by atoms with Gasteiger partial charge in [0.15, 0.2) is 23.1 Å². The average molecular weight is 1900 g/mol. The van der Waals surface area contributed by atoms with Gasteiger partial charge in [0.05, 0.1) is 58.5 Å². The molecule has 1 aliphatic heterocycles. The molecule has 1 aliphatic rings. The van der Waals surface area contributed by atoms with Crippen molar-refractivity contribution in [3.8, 4) is 47.4 Å². The lowest BCUT2D eigenvalue weighted by molar-refractivity contribution is -0.121. The van der Waals surface area contributed by atoms with E-state index >= 15 is 0 Å². The summed E-state index contributed by atoms with van der Waals surface area (Å²) in [5, 5.41) is 49.6. The Balaban J connectivity index is 0.000000172. The van der Waals surface area contributed by atoms with Crippen molar-refractivity contribution in [3.63, 3.8) is 0 Å². The molecule has 0 spiro atoms. The number of fused-ring (bicyclic) bond motifs is 4. The highest BCUT2D eigenvalue weighted by molar-refractivity contribution is 7.86. The maximum atomic E-state index is 12.5. The lowest BCUT2D eigenvalue weighted by atomic mass is 9.95. The number of aromatic nitrogens is 5. The Morgan fingerprint density at radius 2 is 0.701 bits per heavy atom. The number of carbonyl (C=O) groups excluding carboxylic acids is 5. The molecule has 0 saturated heterocycles. The highest BCUT2D eigenvalue weighted by atomic mass is 35.5. The molecule has 14 N–H and O–H groups in total. The number of aliphatic imine (C=N–C) groups is 1. The zero-order chi connectivity index (χ0) is 96.0. The van der Waals surface area contributed by atoms with Gasteiger partial charge in [-0.2, -0.15) is 8.42 Å². The first-order valence-electron chi connectivity index (χ1n) is 43.6. The summed E-state index contributed by atoms with van der Waals surface area (Å²) in [7, 11) is -4.63. The fraction of sp³-hybridized carbons (Fsp3) is 0.255. The Hall–Kier alpha value is -13.2. The Morgan fingerprint density at radius 3 is 0.993 bits per heavy atom. The zero-order valence-electron chi connectivity index (χ0n) is 73.7. The summed E-state index contributed by atoms with van der Waals surface area (Å²) in [6.07, 6.45) is 12.9. The van der Waals surface area contributed by atoms with Crippen molar-refractivity contribution in [3.05, 3.63) is 312 Å². The molecule has 13 aromatic rings. The third kappa shape index (κ3) is 31.0. The highest BCUT2D eigenvalue weighted by Crippen LogP contribution is 2.31. The summed E-state index contributed by atoms with van der Waals surface area (Å²) in [5.41, 5.74) is 39.6. The first-order valence-corrected chi connectivity index (χ1v) is 46.6. The van der Waals surface area contributed by atoms with Gasteiger partial charge in [-0.1, -0.05) is 186 Å². The molecule has 6 heterocycles. The molecule has 14 rings (SSSR count). The monoisotopic (exact) mass is 1890 g/mol. The molecule has 5 unspecified atom stereocenters. The van der Waals surface area contributed by atoms with E-state index in [1.165, 1.54) is 5.71 Å². The van der Waals surface area contributed by atoms with Crippen molar-refractivity contribution in [1.82, 2.24) is 24.9 Å². The summed E-state index contributed by atoms with van der Waals surface area (Å²) in [6, 6.07) is 54.9. The van der Waals surface area contributed by atoms with E-state index in [9.17, 15) is 56.7 Å². The molecule has 0 amide bonds. The van der Waals surface area contributed by atoms with Crippen molar-refractivity contribution in [2.45, 2.75) is 153 Å². The van der Waals surface area contributed by atoms with Gasteiger partial charge >= 0.3 is 10.2 Å². The summed E-state index contributed by atoms with van der Waals surface area (Å²) in [4.78, 5) is 87.3. The molecule has 5 aromatic heterocycles. The molecule has 22 nitrogen and oxygen atoms in total. The zero-order valence-corrected chi connectivity index (χ0v) is 77.5. The Morgan fingerprint density at radius 1 is 0.396 bits per heavy atom. The maximum Gasteiger partial charge on any atom is 0.302 e. The normalized spacial score (nSPS) is 12.6. The van der Waals surface area contributed by atoms with Gasteiger partial charge in [0.1, 0.15) is 29.1 Å². The van der Waals surface area contributed by atoms with Crippen molar-refractivity contribution in [2.75, 3.05) is 35.2 Å². The number of pyridine rings is 5. The van der Waals surface area contributed by atoms with Crippen LogP contribution in [0.1, 0.15) is 208 Å². The fourth-order valence-electron chi connectivity index (χ4n) is 14.3. The number of hydrogen-bond donors (Lipinski definition) is 9. The van der Waals surface area contributed by atoms with Crippen molar-refractivity contribution < 1.29 is 56.7 Å². The minimum Gasteiger partial charge on any atom is -0.393 e. The molecular formula is C106H100Cl4FN11O11S. The second-order valence-corrected chi connectivity index (χ2v) is 35.8. The number of aliphatic hydroxyl groups excluding tert-OH is 4. The molecule has 8 aromatic carbocycles. The molecule has 28 heteroatoms. The van der Waals surface area contributed by atoms with E-state index in [1.807, 2.05) is 86.6 Å². The number of carbonyl (C=O) groups is 5. The Labute approximate surface area is 798 Å². The molecule has 134 heavy (non-hydrogen) atoms. The molecule has 686 valence electrons. The number of aryl methyl sites for hydroxylation is 1. The first-order chi connectivity index (χ1) is 64.3. The van der Waals surface area contributed by atoms with Gasteiger partial charge in [0.2, 0.25) is 0 Å². The molecule has 0 aliphatic carbocycles. The van der Waals surface area contributed by atoms with Gasteiger partial charge in [0, 0.05) is 189 Å². The number of hydrogen-bond acceptors (Lipinski definition) is 22. The van der Waals surface area contributed by atoms with Crippen LogP contribution in [-0.2, 0) is 21.4 Å². The molecule has 0 radical (unpaired) electrons. The van der Waals surface area contributed by atoms with E-state index < -0.39 is 46.4 Å². The second kappa shape index (κ2) is 49.5. The number of rotatable bonds is 30. The van der Waals surface area contributed by atoms with Crippen LogP contribution >= 0.6 is 46.4 Å². The quantitative estimate of drug-likeness (QED) is 0.0115. The number of ketones is 5. The van der Waals surface area contributed by atoms with Crippen molar-refractivity contribution in [1.29, 1.82) is 0 Å². The summed E-state index contributed by atoms with van der Waals surface area (Å²) in [6.45, 7) is 4.69. The maximum absolute atomic E-state index is 12.5. The SMILES string of the molecule is CC(C)C(N)C(=O)CCC(O)CCC(=O)c1ccc(C#Cc2c(N)ncc3ccc(Cl)cc23)cc1.Nc1ncc2ccc(Cl)cc2c1C#Cc1ccc(C(=O)CCC(O)CCC2=NCCC2)cc1.Nc1ncc2ccc(Cl)cc2c1C#Cc1ccc(C(=O)CCC(O)CCS(=O)(=O)F)cc1.Nc1ncc2ccc(Cl)cc2c1C#Cc1ccc(C(=O)CCC(O)CCc2ccccn2)cc1. The van der Waals surface area contributed by atoms with Gasteiger partial charge < -0.3 is 49.1 Å². The lowest BCUT2D eigenvalue weighted by Crippen LogP contribution is -2.35. The fourth-order valence-corrected chi connectivity index (χ4v) is 15.5. The van der Waals surface area contributed by atoms with Crippen LogP contribution in [0.2, 0.25) is 20.1 Å². The number of halogens is 5. The van der Waals surface area contributed by atoms with Gasteiger partial charge in [-0.3, -0.25) is 33.9 Å². The standard InChI is InChI=1S/C28H30ClN3O3.C28H24ClN3O2.C27H26ClN3O2.C23H20ClFN2O4S/c1-17(2)27(30)26(35)14-11-22(33)10-13-25(34)19-6-3-18(4-7-19)5-12-23-24-15-21(29)9-8-20(24)16-32-28(23)31;29-22-10-9-21-18-32-28(30)25(26(21)17-22)14-6-19-4-7-20(8-5-19)27(34)15-13-24(33)12-11-23-3-1-2-16-31-23;28-21-9-8-20-17-31-27(29)24(25(20)16-21)13-5-18-3-6-19(7-4-18)26(33)14-12-23(32)11-10-22-2-1-15-30-22;24-18-7-6-17-14-27-23(26)20(21(17)13-18)9-3-15-1-4-16(5-2-15)22(29)10-8-19(28)11-12-32(25,30)31/h3-4,6-9,15-17,22,27,33H,10-11,13-14,30H2,1-2H3,(H2,31,32);1-5,7-10,16-18,24,33H,11-13,15H2,(H2,30,32);3-4,6-9,16-17,23,32H,1-2,10-12,14-15H2,(H2,29,31);1-2,4-7,13-14,19,28H,8,10-12H2,(H2,26,27). The van der Waals surface area contributed by atoms with Gasteiger partial charge in [-0.15, -0.1) is 3.89 Å². The minimum atomic E-state index is -4.63. The smallest absolute Gasteiger partial charge is 0.302 e. The number of aliphatic hydroxyl groups is 4. The molecular weight excluding hydrogens is 1800 g/mol. The second-order valence-electron chi connectivity index (χ2n) is 32.5. The number of anilines is 4. The predicted molar refractivity (Wildman–Crippen MR) is 533 cm³/mol. The van der Waals surface area contributed by atoms with Crippen LogP contribution in [-0.4, -0.2) is 131 Å². The van der Waals surface area contributed by atoms with E-state index in [4.69, 9.17) is 75.1 Å². The van der Waals surface area contributed by atoms with E-state index in [2.05, 4.69) is 77.3 Å². The molecule has 0 fully saturated rings. The first kappa shape index (κ1) is 101. The van der Waals surface area contributed by atoms with Crippen LogP contribution < -0.4 is 28.7 Å². The largest absolute Gasteiger partial charge is 0.393 e. The Kier molecular flexibility index (Phi) is 37.5. The number of Topliss-reactive ketones (excluding diaryl/α,β-unsaturated/α-hetero) is 5. The van der Waals surface area contributed by atoms with Gasteiger partial charge in [-0.05, 0) is 192 Å². The van der Waals surface area contributed by atoms with Crippen LogP contribution in [0.25, 0.3) is 43.1 Å². The number of nitrogens with zero attached hydrogens (tertiary/aromatic N) is 6. The van der Waals surface area contributed by atoms with Gasteiger partial charge in [-0.25, -0.2) is 19.9 Å². The Bertz CT molecular complexity index is 6830. The van der Waals surface area contributed by atoms with E-state index in [0.717, 1.165) is 91.3 Å². The lowest BCUT2D eigenvalue weighted by Gasteiger charge is -2.15. The van der Waals surface area contributed by atoms with Crippen LogP contribution in [0.3, 0.4) is 0 Å². The number of nitrogens with two attached hydrogens (primary N) is 5. The average Bonchev–Trinajstić information content (AvgIpc) is 0.876. The minimum absolute atomic E-state index is 0.00599. The number of benzene rings is 8. The van der Waals surface area contributed by atoms with E-state index in [0.29, 0.717) is 139 Å². The highest BCUT2D eigenvalue weighted by Gasteiger charge is 2.22. The third-order valence-corrected chi connectivity index (χ3v) is 23.9. The van der Waals surface area contributed by atoms with Crippen molar-refractivity contribution >= 4 is 158 Å². The number of nitrogen functional groups attached to an aromatic ring is 4. The topological polar surface area (TPSA) is 407 Å². The summed E-state index contributed by atoms with van der Waals surface area (Å²) < 4.78 is 33.5. The predicted octanol–water partition coefficient (Wildman–Crippen LogP) is 18.8. The van der Waals surface area contributed by atoms with Crippen LogP contribution in [0, 0.1) is 53.3 Å². The van der Waals surface area contributed by atoms with E-state index in [1.54, 1.807) is 146 Å². The van der Waals surface area contributed by atoms with Crippen LogP contribution in [0.4, 0.5) is 27.2 Å².